The fraction of sp³-hybridized carbons (Fsp3) is 0.429. The molecule has 4 N–H and O–H groups in total. The molecule has 0 saturated carbocycles. The van der Waals surface area contributed by atoms with Gasteiger partial charge in [0.1, 0.15) is 24.4 Å². The monoisotopic (exact) mass is 378 g/mol. The van der Waals surface area contributed by atoms with Gasteiger partial charge in [-0.15, -0.1) is 0 Å². The van der Waals surface area contributed by atoms with Gasteiger partial charge in [0.15, 0.2) is 0 Å². The molecule has 6 nitrogen and oxygen atoms in total. The van der Waals surface area contributed by atoms with Crippen LogP contribution in [0.1, 0.15) is 12.5 Å². The predicted molar refractivity (Wildman–Crippen MR) is 104 cm³/mol. The number of rotatable bonds is 13. The van der Waals surface area contributed by atoms with Crippen molar-refractivity contribution in [3.63, 3.8) is 0 Å². The third-order valence-electron chi connectivity index (χ3n) is 3.95. The van der Waals surface area contributed by atoms with Crippen molar-refractivity contribution in [2.45, 2.75) is 37.9 Å². The summed E-state index contributed by atoms with van der Waals surface area (Å²) in [5.41, 5.74) is 1.62. The number of hydrogen-bond donors (Lipinski definition) is 4. The lowest BCUT2D eigenvalue weighted by Crippen LogP contribution is -2.50. The Balaban J connectivity index is 2.92. The quantitative estimate of drug-likeness (QED) is 0.387. The van der Waals surface area contributed by atoms with Gasteiger partial charge in [-0.1, -0.05) is 61.2 Å². The number of benzene rings is 1. The second kappa shape index (κ2) is 13.4. The molecule has 0 aliphatic carbocycles. The molecule has 0 radical (unpaired) electrons. The largest absolute Gasteiger partial charge is 0.394 e. The molecular formula is C21H30O6. The summed E-state index contributed by atoms with van der Waals surface area (Å²) >= 11 is 0. The van der Waals surface area contributed by atoms with Crippen LogP contribution >= 0.6 is 0 Å². The molecule has 0 bridgehead atoms. The van der Waals surface area contributed by atoms with Crippen LogP contribution in [0.5, 0.6) is 0 Å². The first-order valence-corrected chi connectivity index (χ1v) is 8.86. The SMILES string of the molecule is C=C/C(=C\C=C/C)CO[C@@H]([C@H](OCc1ccccc1)[C@H](O)CO)[C@H](O)CO. The number of aliphatic hydroxyl groups is 4. The van der Waals surface area contributed by atoms with E-state index in [1.54, 1.807) is 12.2 Å². The van der Waals surface area contributed by atoms with Gasteiger partial charge in [0.25, 0.3) is 0 Å². The molecule has 1 aromatic carbocycles. The van der Waals surface area contributed by atoms with Crippen molar-refractivity contribution >= 4 is 0 Å². The number of hydrogen-bond acceptors (Lipinski definition) is 6. The van der Waals surface area contributed by atoms with Crippen LogP contribution in [0.2, 0.25) is 0 Å². The highest BCUT2D eigenvalue weighted by atomic mass is 16.6. The van der Waals surface area contributed by atoms with Crippen LogP contribution in [0.4, 0.5) is 0 Å². The van der Waals surface area contributed by atoms with Crippen LogP contribution in [-0.4, -0.2) is 64.7 Å². The minimum Gasteiger partial charge on any atom is -0.394 e. The standard InChI is InChI=1S/C21H30O6/c1-3-5-9-16(4-2)14-26-20(18(24)12-22)21(19(25)13-23)27-15-17-10-7-6-8-11-17/h3-11,18-25H,2,12-15H2,1H3/b5-3-,16-9+/t18-,19-,20-,21-/m1/s1. The summed E-state index contributed by atoms with van der Waals surface area (Å²) in [6.07, 6.45) is 2.43. The Morgan fingerprint density at radius 3 is 2.15 bits per heavy atom. The maximum Gasteiger partial charge on any atom is 0.115 e. The molecule has 4 atom stereocenters. The van der Waals surface area contributed by atoms with Crippen molar-refractivity contribution in [3.8, 4) is 0 Å². The van der Waals surface area contributed by atoms with Crippen molar-refractivity contribution < 1.29 is 29.9 Å². The van der Waals surface area contributed by atoms with Gasteiger partial charge in [-0.25, -0.2) is 0 Å². The molecule has 0 aliphatic heterocycles. The number of aliphatic hydroxyl groups excluding tert-OH is 4. The molecule has 6 heteroatoms. The van der Waals surface area contributed by atoms with Crippen LogP contribution in [0.3, 0.4) is 0 Å². The Labute approximate surface area is 160 Å². The minimum atomic E-state index is -1.29. The van der Waals surface area contributed by atoms with Crippen molar-refractivity contribution in [2.24, 2.45) is 0 Å². The van der Waals surface area contributed by atoms with E-state index in [9.17, 15) is 20.4 Å². The van der Waals surface area contributed by atoms with E-state index in [1.165, 1.54) is 0 Å². The zero-order valence-electron chi connectivity index (χ0n) is 15.6. The third-order valence-corrected chi connectivity index (χ3v) is 3.95. The summed E-state index contributed by atoms with van der Waals surface area (Å²) in [6.45, 7) is 4.70. The fourth-order valence-corrected chi connectivity index (χ4v) is 2.41. The van der Waals surface area contributed by atoms with Gasteiger partial charge in [-0.05, 0) is 18.1 Å². The second-order valence-corrected chi connectivity index (χ2v) is 6.01. The van der Waals surface area contributed by atoms with Crippen molar-refractivity contribution in [1.29, 1.82) is 0 Å². The van der Waals surface area contributed by atoms with E-state index in [0.717, 1.165) is 11.1 Å². The lowest BCUT2D eigenvalue weighted by molar-refractivity contribution is -0.170. The maximum atomic E-state index is 10.2. The summed E-state index contributed by atoms with van der Waals surface area (Å²) < 4.78 is 11.5. The van der Waals surface area contributed by atoms with Gasteiger partial charge in [-0.3, -0.25) is 0 Å². The van der Waals surface area contributed by atoms with Crippen molar-refractivity contribution in [1.82, 2.24) is 0 Å². The Kier molecular flexibility index (Phi) is 11.5. The lowest BCUT2D eigenvalue weighted by atomic mass is 10.0. The Bertz CT molecular complexity index is 584. The van der Waals surface area contributed by atoms with E-state index in [2.05, 4.69) is 6.58 Å². The van der Waals surface area contributed by atoms with Crippen LogP contribution in [-0.2, 0) is 16.1 Å². The zero-order valence-corrected chi connectivity index (χ0v) is 15.6. The molecule has 0 aromatic heterocycles. The van der Waals surface area contributed by atoms with E-state index in [-0.39, 0.29) is 13.2 Å². The van der Waals surface area contributed by atoms with Gasteiger partial charge < -0.3 is 29.9 Å². The first-order valence-electron chi connectivity index (χ1n) is 8.86. The molecule has 0 aliphatic rings. The van der Waals surface area contributed by atoms with E-state index < -0.39 is 37.6 Å². The Morgan fingerprint density at radius 2 is 1.63 bits per heavy atom. The highest BCUT2D eigenvalue weighted by Crippen LogP contribution is 2.17. The molecule has 0 saturated heterocycles. The van der Waals surface area contributed by atoms with Crippen LogP contribution in [0.25, 0.3) is 0 Å². The van der Waals surface area contributed by atoms with Crippen LogP contribution < -0.4 is 0 Å². The van der Waals surface area contributed by atoms with Gasteiger partial charge in [0.2, 0.25) is 0 Å². The summed E-state index contributed by atoms with van der Waals surface area (Å²) in [6, 6.07) is 9.30. The molecule has 0 spiro atoms. The molecule has 0 unspecified atom stereocenters. The second-order valence-electron chi connectivity index (χ2n) is 6.01. The average molecular weight is 378 g/mol. The molecule has 27 heavy (non-hydrogen) atoms. The molecule has 0 heterocycles. The first kappa shape index (κ1) is 23.2. The molecule has 0 fully saturated rings. The summed E-state index contributed by atoms with van der Waals surface area (Å²) in [5.74, 6) is 0. The summed E-state index contributed by atoms with van der Waals surface area (Å²) in [5, 5.41) is 39.1. The van der Waals surface area contributed by atoms with Gasteiger partial charge >= 0.3 is 0 Å². The van der Waals surface area contributed by atoms with E-state index >= 15 is 0 Å². The topological polar surface area (TPSA) is 99.4 Å². The summed E-state index contributed by atoms with van der Waals surface area (Å²) in [7, 11) is 0. The third kappa shape index (κ3) is 8.17. The highest BCUT2D eigenvalue weighted by molar-refractivity contribution is 5.22. The highest BCUT2D eigenvalue weighted by Gasteiger charge is 2.35. The molecular weight excluding hydrogens is 348 g/mol. The summed E-state index contributed by atoms with van der Waals surface area (Å²) in [4.78, 5) is 0. The number of allylic oxidation sites excluding steroid dienone is 3. The Hall–Kier alpha value is -1.80. The average Bonchev–Trinajstić information content (AvgIpc) is 2.72. The van der Waals surface area contributed by atoms with E-state index in [4.69, 9.17) is 9.47 Å². The van der Waals surface area contributed by atoms with E-state index in [1.807, 2.05) is 49.4 Å². The molecule has 0 amide bonds. The predicted octanol–water partition coefficient (Wildman–Crippen LogP) is 1.35. The first-order chi connectivity index (χ1) is 13.1. The smallest absolute Gasteiger partial charge is 0.115 e. The zero-order chi connectivity index (χ0) is 20.1. The molecule has 1 rings (SSSR count). The molecule has 1 aromatic rings. The number of ether oxygens (including phenoxy) is 2. The van der Waals surface area contributed by atoms with Gasteiger partial charge in [0, 0.05) is 0 Å². The van der Waals surface area contributed by atoms with Crippen LogP contribution in [0, 0.1) is 0 Å². The lowest BCUT2D eigenvalue weighted by Gasteiger charge is -2.33. The van der Waals surface area contributed by atoms with Gasteiger partial charge in [0.05, 0.1) is 26.4 Å². The normalized spacial score (nSPS) is 16.9. The van der Waals surface area contributed by atoms with E-state index in [0.29, 0.717) is 0 Å². The maximum absolute atomic E-state index is 10.2. The Morgan fingerprint density at radius 1 is 1.04 bits per heavy atom. The molecule has 150 valence electrons. The fourth-order valence-electron chi connectivity index (χ4n) is 2.41. The van der Waals surface area contributed by atoms with Crippen LogP contribution in [0.15, 0.2) is 66.8 Å². The minimum absolute atomic E-state index is 0.0961. The van der Waals surface area contributed by atoms with Crippen molar-refractivity contribution in [2.75, 3.05) is 19.8 Å². The van der Waals surface area contributed by atoms with Gasteiger partial charge in [-0.2, -0.15) is 0 Å². The van der Waals surface area contributed by atoms with Crippen molar-refractivity contribution in [3.05, 3.63) is 72.4 Å².